The van der Waals surface area contributed by atoms with Crippen molar-refractivity contribution in [3.8, 4) is 5.75 Å². The molecule has 0 unspecified atom stereocenters. The zero-order valence-corrected chi connectivity index (χ0v) is 15.0. The molecule has 0 saturated heterocycles. The summed E-state index contributed by atoms with van der Waals surface area (Å²) in [4.78, 5) is 0. The Morgan fingerprint density at radius 3 is 2.25 bits per heavy atom. The molecule has 0 heterocycles. The summed E-state index contributed by atoms with van der Waals surface area (Å²) in [5.74, 6) is -0.165. The van der Waals surface area contributed by atoms with Gasteiger partial charge >= 0.3 is 6.18 Å². The van der Waals surface area contributed by atoms with Gasteiger partial charge in [0.15, 0.2) is 0 Å². The molecular weight excluding hydrogens is 386 g/mol. The van der Waals surface area contributed by atoms with E-state index >= 15 is 0 Å². The minimum Gasteiger partial charge on any atom is -1.00 e. The molecule has 0 aliphatic heterocycles. The van der Waals surface area contributed by atoms with E-state index < -0.39 is 11.7 Å². The molecular formula is C14H10BrF3OZn-. The first kappa shape index (κ1) is 19.1. The molecule has 2 aromatic rings. The van der Waals surface area contributed by atoms with Gasteiger partial charge in [-0.1, -0.05) is 36.4 Å². The summed E-state index contributed by atoms with van der Waals surface area (Å²) < 4.78 is 43.3. The second-order valence-corrected chi connectivity index (χ2v) is 3.67. The fourth-order valence-corrected chi connectivity index (χ4v) is 1.50. The molecule has 0 amide bonds. The number of alkyl halides is 3. The van der Waals surface area contributed by atoms with E-state index in [4.69, 9.17) is 4.74 Å². The molecule has 20 heavy (non-hydrogen) atoms. The van der Waals surface area contributed by atoms with Crippen LogP contribution in [-0.4, -0.2) is 0 Å². The zero-order chi connectivity index (χ0) is 13.0. The molecule has 0 N–H and O–H groups in total. The number of halogens is 4. The molecule has 1 nitrogen and oxygen atoms in total. The third-order valence-electron chi connectivity index (χ3n) is 2.35. The molecule has 2 aromatic carbocycles. The smallest absolute Gasteiger partial charge is 0.419 e. The van der Waals surface area contributed by atoms with Crippen LogP contribution < -0.4 is 21.7 Å². The second kappa shape index (κ2) is 8.43. The van der Waals surface area contributed by atoms with Crippen LogP contribution in [0.5, 0.6) is 5.75 Å². The molecule has 6 heteroatoms. The summed E-state index contributed by atoms with van der Waals surface area (Å²) >= 11 is 0. The maximum absolute atomic E-state index is 12.7. The van der Waals surface area contributed by atoms with E-state index in [1.165, 1.54) is 18.2 Å². The molecule has 0 aliphatic rings. The predicted molar refractivity (Wildman–Crippen MR) is 61.1 cm³/mol. The average Bonchev–Trinajstić information content (AvgIpc) is 2.37. The molecule has 0 bridgehead atoms. The molecule has 1 radical (unpaired) electrons. The number of benzene rings is 2. The van der Waals surface area contributed by atoms with Gasteiger partial charge in [0.1, 0.15) is 12.4 Å². The Kier molecular flexibility index (Phi) is 8.06. The van der Waals surface area contributed by atoms with Crippen LogP contribution in [0.3, 0.4) is 0 Å². The molecule has 0 saturated carbocycles. The Hall–Kier alpha value is -0.867. The quantitative estimate of drug-likeness (QED) is 0.706. The van der Waals surface area contributed by atoms with Gasteiger partial charge in [0.2, 0.25) is 0 Å². The SMILES string of the molecule is FC(F)(F)c1ccccc1OCc1[c]cccc1.[Br-].[Zn]. The van der Waals surface area contributed by atoms with Crippen LogP contribution in [0.25, 0.3) is 0 Å². The Morgan fingerprint density at radius 1 is 1.00 bits per heavy atom. The fraction of sp³-hybridized carbons (Fsp3) is 0.143. The third kappa shape index (κ3) is 5.25. The standard InChI is InChI=1S/C14H10F3O.BrH.Zn/c15-14(16,17)12-8-4-5-9-13(12)18-10-11-6-2-1-3-7-11;;/h1-6,8-9H,10H2;1H;/p-1. The van der Waals surface area contributed by atoms with Crippen molar-refractivity contribution in [1.29, 1.82) is 0 Å². The monoisotopic (exact) mass is 394 g/mol. The van der Waals surface area contributed by atoms with Crippen molar-refractivity contribution in [3.05, 3.63) is 65.7 Å². The first-order valence-corrected chi connectivity index (χ1v) is 5.32. The molecule has 0 fully saturated rings. The minimum atomic E-state index is -4.41. The number of para-hydroxylation sites is 1. The molecule has 2 rings (SSSR count). The molecule has 103 valence electrons. The van der Waals surface area contributed by atoms with Crippen LogP contribution in [-0.2, 0) is 32.3 Å². The van der Waals surface area contributed by atoms with E-state index in [0.29, 0.717) is 5.56 Å². The molecule has 0 spiro atoms. The zero-order valence-electron chi connectivity index (χ0n) is 10.5. The van der Waals surface area contributed by atoms with Crippen molar-refractivity contribution in [3.63, 3.8) is 0 Å². The topological polar surface area (TPSA) is 9.23 Å². The van der Waals surface area contributed by atoms with Gasteiger partial charge < -0.3 is 21.7 Å². The van der Waals surface area contributed by atoms with Crippen molar-refractivity contribution < 1.29 is 54.4 Å². The minimum absolute atomic E-state index is 0. The maximum Gasteiger partial charge on any atom is 0.419 e. The van der Waals surface area contributed by atoms with E-state index in [0.717, 1.165) is 6.07 Å². The molecule has 0 atom stereocenters. The Bertz CT molecular complexity index is 517. The van der Waals surface area contributed by atoms with Gasteiger partial charge in [-0.05, 0) is 23.8 Å². The fourth-order valence-electron chi connectivity index (χ4n) is 1.50. The Balaban J connectivity index is 0.00000180. The van der Waals surface area contributed by atoms with Gasteiger partial charge in [0.25, 0.3) is 0 Å². The molecule has 0 aromatic heterocycles. The van der Waals surface area contributed by atoms with E-state index in [-0.39, 0.29) is 48.8 Å². The number of hydrogen-bond donors (Lipinski definition) is 0. The van der Waals surface area contributed by atoms with Gasteiger partial charge in [-0.3, -0.25) is 0 Å². The largest absolute Gasteiger partial charge is 1.00 e. The van der Waals surface area contributed by atoms with Crippen molar-refractivity contribution >= 4 is 0 Å². The summed E-state index contributed by atoms with van der Waals surface area (Å²) in [7, 11) is 0. The van der Waals surface area contributed by atoms with Crippen LogP contribution >= 0.6 is 0 Å². The van der Waals surface area contributed by atoms with Crippen LogP contribution in [0, 0.1) is 6.07 Å². The Morgan fingerprint density at radius 2 is 1.65 bits per heavy atom. The van der Waals surface area contributed by atoms with Crippen molar-refractivity contribution in [2.24, 2.45) is 0 Å². The van der Waals surface area contributed by atoms with Crippen molar-refractivity contribution in [2.45, 2.75) is 12.8 Å². The van der Waals surface area contributed by atoms with Gasteiger partial charge in [-0.25, -0.2) is 0 Å². The Labute approximate surface area is 138 Å². The normalized spacial score (nSPS) is 10.2. The van der Waals surface area contributed by atoms with Gasteiger partial charge in [0.05, 0.1) is 5.56 Å². The number of rotatable bonds is 3. The van der Waals surface area contributed by atoms with Crippen LogP contribution in [0.2, 0.25) is 0 Å². The second-order valence-electron chi connectivity index (χ2n) is 3.67. The van der Waals surface area contributed by atoms with Gasteiger partial charge in [-0.2, -0.15) is 13.2 Å². The average molecular weight is 397 g/mol. The van der Waals surface area contributed by atoms with E-state index in [1.54, 1.807) is 24.3 Å². The first-order valence-electron chi connectivity index (χ1n) is 5.32. The van der Waals surface area contributed by atoms with E-state index in [9.17, 15) is 13.2 Å². The van der Waals surface area contributed by atoms with E-state index in [1.807, 2.05) is 0 Å². The van der Waals surface area contributed by atoms with Gasteiger partial charge in [0, 0.05) is 19.5 Å². The number of ether oxygens (including phenoxy) is 1. The van der Waals surface area contributed by atoms with Gasteiger partial charge in [-0.15, -0.1) is 0 Å². The maximum atomic E-state index is 12.7. The third-order valence-corrected chi connectivity index (χ3v) is 2.35. The molecule has 0 aliphatic carbocycles. The summed E-state index contributed by atoms with van der Waals surface area (Å²) in [5.41, 5.74) is -0.0598. The van der Waals surface area contributed by atoms with Crippen LogP contribution in [0.1, 0.15) is 11.1 Å². The van der Waals surface area contributed by atoms with Crippen LogP contribution in [0.15, 0.2) is 48.5 Å². The van der Waals surface area contributed by atoms with E-state index in [2.05, 4.69) is 6.07 Å². The predicted octanol–water partition coefficient (Wildman–Crippen LogP) is 1.09. The summed E-state index contributed by atoms with van der Waals surface area (Å²) in [5, 5.41) is 0. The van der Waals surface area contributed by atoms with Crippen LogP contribution in [0.4, 0.5) is 13.2 Å². The van der Waals surface area contributed by atoms with Crippen molar-refractivity contribution in [2.75, 3.05) is 0 Å². The summed E-state index contributed by atoms with van der Waals surface area (Å²) in [6.07, 6.45) is -4.41. The summed E-state index contributed by atoms with van der Waals surface area (Å²) in [6, 6.07) is 15.1. The van der Waals surface area contributed by atoms with Crippen molar-refractivity contribution in [1.82, 2.24) is 0 Å². The first-order chi connectivity index (χ1) is 8.57. The number of hydrogen-bond acceptors (Lipinski definition) is 1. The summed E-state index contributed by atoms with van der Waals surface area (Å²) in [6.45, 7) is 0.0634.